The van der Waals surface area contributed by atoms with E-state index in [4.69, 9.17) is 18.5 Å². The summed E-state index contributed by atoms with van der Waals surface area (Å²) >= 11 is 0. The van der Waals surface area contributed by atoms with Crippen molar-refractivity contribution >= 4 is 13.6 Å². The second-order valence-corrected chi connectivity index (χ2v) is 9.47. The molecule has 1 aromatic carbocycles. The quantitative estimate of drug-likeness (QED) is 0.340. The van der Waals surface area contributed by atoms with E-state index in [2.05, 4.69) is 4.98 Å². The van der Waals surface area contributed by atoms with E-state index in [1.165, 1.54) is 10.8 Å². The Morgan fingerprint density at radius 2 is 1.88 bits per heavy atom. The summed E-state index contributed by atoms with van der Waals surface area (Å²) in [7, 11) is -1.68. The number of allylic oxidation sites excluding steroid dienone is 1. The van der Waals surface area contributed by atoms with Crippen LogP contribution >= 0.6 is 7.60 Å². The van der Waals surface area contributed by atoms with Gasteiger partial charge in [0, 0.05) is 32.4 Å². The van der Waals surface area contributed by atoms with E-state index in [9.17, 15) is 18.9 Å². The van der Waals surface area contributed by atoms with Crippen molar-refractivity contribution in [1.29, 1.82) is 0 Å². The first-order chi connectivity index (χ1) is 15.3. The number of benzene rings is 1. The number of aromatic amines is 1. The summed E-state index contributed by atoms with van der Waals surface area (Å²) in [6.45, 7) is 1.55. The van der Waals surface area contributed by atoms with Crippen molar-refractivity contribution in [1.82, 2.24) is 9.55 Å². The summed E-state index contributed by atoms with van der Waals surface area (Å²) in [4.78, 5) is 38.8. The average molecular weight is 464 g/mol. The summed E-state index contributed by atoms with van der Waals surface area (Å²) in [5.74, 6) is -2.52. The van der Waals surface area contributed by atoms with E-state index in [0.29, 0.717) is 5.56 Å². The van der Waals surface area contributed by atoms with Crippen LogP contribution < -0.4 is 11.2 Å². The van der Waals surface area contributed by atoms with Gasteiger partial charge in [-0.05, 0) is 12.5 Å². The zero-order valence-corrected chi connectivity index (χ0v) is 18.8. The molecule has 1 heterocycles. The maximum Gasteiger partial charge on any atom is 0.370 e. The van der Waals surface area contributed by atoms with Gasteiger partial charge in [-0.25, -0.2) is 9.59 Å². The summed E-state index contributed by atoms with van der Waals surface area (Å²) in [5, 5.41) is 0. The van der Waals surface area contributed by atoms with Gasteiger partial charge in [0.25, 0.3) is 11.4 Å². The van der Waals surface area contributed by atoms with E-state index in [1.54, 1.807) is 43.3 Å². The van der Waals surface area contributed by atoms with E-state index < -0.39 is 42.8 Å². The Balaban J connectivity index is 1.74. The van der Waals surface area contributed by atoms with Gasteiger partial charge in [0.1, 0.15) is 6.61 Å². The van der Waals surface area contributed by atoms with Crippen molar-refractivity contribution in [2.24, 2.45) is 0 Å². The van der Waals surface area contributed by atoms with Crippen LogP contribution in [-0.4, -0.2) is 41.7 Å². The Morgan fingerprint density at radius 1 is 1.19 bits per heavy atom. The molecule has 1 N–H and O–H groups in total. The van der Waals surface area contributed by atoms with Gasteiger partial charge in [0.15, 0.2) is 0 Å². The highest BCUT2D eigenvalue weighted by Gasteiger charge is 2.44. The van der Waals surface area contributed by atoms with Gasteiger partial charge in [-0.2, -0.15) is 0 Å². The van der Waals surface area contributed by atoms with Crippen LogP contribution in [0.1, 0.15) is 23.6 Å². The van der Waals surface area contributed by atoms with Crippen LogP contribution in [0, 0.1) is 6.92 Å². The number of aromatic nitrogens is 2. The zero-order valence-electron chi connectivity index (χ0n) is 17.9. The van der Waals surface area contributed by atoms with Crippen molar-refractivity contribution in [3.8, 4) is 0 Å². The predicted octanol–water partition coefficient (Wildman–Crippen LogP) is 2.29. The predicted molar refractivity (Wildman–Crippen MR) is 115 cm³/mol. The van der Waals surface area contributed by atoms with E-state index >= 15 is 0 Å². The number of H-pyrrole nitrogens is 1. The smallest absolute Gasteiger partial charge is 0.370 e. The third kappa shape index (κ3) is 5.34. The first-order valence-corrected chi connectivity index (χ1v) is 11.5. The van der Waals surface area contributed by atoms with Crippen LogP contribution in [0.2, 0.25) is 0 Å². The molecule has 172 valence electrons. The van der Waals surface area contributed by atoms with E-state index in [0.717, 1.165) is 19.8 Å². The topological polar surface area (TPSA) is 126 Å². The molecule has 3 atom stereocenters. The zero-order chi connectivity index (χ0) is 23.3. The van der Waals surface area contributed by atoms with Crippen LogP contribution in [0.4, 0.5) is 0 Å². The van der Waals surface area contributed by atoms with Gasteiger partial charge in [-0.3, -0.25) is 18.9 Å². The van der Waals surface area contributed by atoms with Gasteiger partial charge < -0.3 is 18.5 Å². The van der Waals surface area contributed by atoms with Crippen LogP contribution in [0.3, 0.4) is 0 Å². The summed E-state index contributed by atoms with van der Waals surface area (Å²) in [6.07, 6.45) is 4.40. The third-order valence-corrected chi connectivity index (χ3v) is 6.98. The summed E-state index contributed by atoms with van der Waals surface area (Å²) in [6, 6.07) is 8.58. The lowest BCUT2D eigenvalue weighted by Gasteiger charge is -2.25. The molecule has 0 saturated heterocycles. The largest absolute Gasteiger partial charge is 0.458 e. The molecule has 10 nitrogen and oxygen atoms in total. The highest BCUT2D eigenvalue weighted by molar-refractivity contribution is 7.55. The Morgan fingerprint density at radius 3 is 2.53 bits per heavy atom. The molecular weight excluding hydrogens is 439 g/mol. The van der Waals surface area contributed by atoms with E-state index in [-0.39, 0.29) is 13.0 Å². The number of ether oxygens (including phenoxy) is 2. The number of nitrogens with one attached hydrogen (secondary N) is 1. The maximum atomic E-state index is 13.0. The number of hydrogen-bond donors (Lipinski definition) is 1. The second-order valence-electron chi connectivity index (χ2n) is 7.19. The molecule has 2 aromatic rings. The molecule has 0 spiro atoms. The number of aryl methyl sites for hydroxylation is 1. The molecule has 0 saturated carbocycles. The minimum absolute atomic E-state index is 0.0395. The molecule has 1 aliphatic carbocycles. The number of nitrogens with zero attached hydrogens (tertiary/aromatic N) is 1. The molecule has 0 bridgehead atoms. The SMILES string of the molecule is COP(=O)(OC)C(OC1C=CC(n2cc(C)c(=O)[nH]c2=O)C1)C(=O)OCc1ccccc1. The van der Waals surface area contributed by atoms with Crippen molar-refractivity contribution in [2.75, 3.05) is 14.2 Å². The lowest BCUT2D eigenvalue weighted by molar-refractivity contribution is -0.156. The van der Waals surface area contributed by atoms with Gasteiger partial charge in [-0.1, -0.05) is 42.5 Å². The van der Waals surface area contributed by atoms with Crippen molar-refractivity contribution in [2.45, 2.75) is 37.9 Å². The first kappa shape index (κ1) is 23.9. The number of rotatable bonds is 9. The van der Waals surface area contributed by atoms with Crippen LogP contribution in [0.5, 0.6) is 0 Å². The fraction of sp³-hybridized carbons (Fsp3) is 0.381. The fourth-order valence-corrected chi connectivity index (χ4v) is 4.45. The molecule has 3 unspecified atom stereocenters. The van der Waals surface area contributed by atoms with Gasteiger partial charge in [-0.15, -0.1) is 0 Å². The molecular formula is C21H25N2O8P. The van der Waals surface area contributed by atoms with Crippen LogP contribution in [-0.2, 0) is 34.5 Å². The molecule has 11 heteroatoms. The Labute approximate surface area is 184 Å². The lowest BCUT2D eigenvalue weighted by Crippen LogP contribution is -2.34. The second kappa shape index (κ2) is 10.2. The van der Waals surface area contributed by atoms with E-state index in [1.807, 2.05) is 6.07 Å². The van der Waals surface area contributed by atoms with Gasteiger partial charge in [0.05, 0.1) is 12.1 Å². The molecule has 32 heavy (non-hydrogen) atoms. The monoisotopic (exact) mass is 464 g/mol. The third-order valence-electron chi connectivity index (χ3n) is 5.05. The molecule has 1 aromatic heterocycles. The molecule has 0 amide bonds. The highest BCUT2D eigenvalue weighted by atomic mass is 31.2. The number of carbonyl (C=O) groups is 1. The average Bonchev–Trinajstić information content (AvgIpc) is 3.27. The van der Waals surface area contributed by atoms with Crippen LogP contribution in [0.15, 0.2) is 58.3 Å². The van der Waals surface area contributed by atoms with Gasteiger partial charge in [0.2, 0.25) is 0 Å². The highest BCUT2D eigenvalue weighted by Crippen LogP contribution is 2.53. The Hall–Kier alpha value is -2.78. The number of hydrogen-bond acceptors (Lipinski definition) is 8. The molecule has 0 aliphatic heterocycles. The summed E-state index contributed by atoms with van der Waals surface area (Å²) in [5.41, 5.74) is 0.114. The minimum Gasteiger partial charge on any atom is -0.458 e. The molecule has 0 radical (unpaired) electrons. The van der Waals surface area contributed by atoms with Crippen LogP contribution in [0.25, 0.3) is 0 Å². The van der Waals surface area contributed by atoms with Gasteiger partial charge >= 0.3 is 19.3 Å². The minimum atomic E-state index is -3.98. The van der Waals surface area contributed by atoms with Crippen molar-refractivity contribution in [3.63, 3.8) is 0 Å². The maximum absolute atomic E-state index is 13.0. The molecule has 3 rings (SSSR count). The summed E-state index contributed by atoms with van der Waals surface area (Å²) < 4.78 is 35.4. The molecule has 0 fully saturated rings. The number of esters is 1. The Kier molecular flexibility index (Phi) is 7.63. The van der Waals surface area contributed by atoms with Crippen molar-refractivity contribution in [3.05, 3.63) is 80.6 Å². The Bertz CT molecular complexity index is 1130. The standard InChI is InChI=1S/C21H25N2O8P/c1-14-12-23(21(26)22-18(14)24)16-9-10-17(11-16)31-20(32(27,28-2)29-3)19(25)30-13-15-7-5-4-6-8-15/h4-10,12,16-17,20H,11,13H2,1-3H3,(H,22,24,26). The molecule has 1 aliphatic rings. The fourth-order valence-electron chi connectivity index (χ4n) is 3.28. The lowest BCUT2D eigenvalue weighted by atomic mass is 10.2. The normalized spacial score (nSPS) is 19.1. The first-order valence-electron chi connectivity index (χ1n) is 9.85. The van der Waals surface area contributed by atoms with Crippen molar-refractivity contribution < 1.29 is 27.9 Å². The number of carbonyl (C=O) groups excluding carboxylic acids is 1.